The molecule has 30 heavy (non-hydrogen) atoms. The quantitative estimate of drug-likeness (QED) is 0.464. The van der Waals surface area contributed by atoms with Crippen LogP contribution in [0, 0.1) is 0 Å². The van der Waals surface area contributed by atoms with Gasteiger partial charge in [-0.2, -0.15) is 0 Å². The van der Waals surface area contributed by atoms with Crippen LogP contribution in [-0.2, 0) is 6.42 Å². The summed E-state index contributed by atoms with van der Waals surface area (Å²) in [5, 5.41) is 7.20. The molecule has 6 heteroatoms. The maximum absolute atomic E-state index is 5.44. The molecule has 4 rings (SSSR count). The Labute approximate surface area is 178 Å². The van der Waals surface area contributed by atoms with Crippen LogP contribution in [0.2, 0.25) is 0 Å². The van der Waals surface area contributed by atoms with Crippen molar-refractivity contribution in [3.05, 3.63) is 84.4 Å². The first-order valence-electron chi connectivity index (χ1n) is 10.6. The van der Waals surface area contributed by atoms with Gasteiger partial charge in [0.05, 0.1) is 12.3 Å². The molecule has 156 valence electrons. The van der Waals surface area contributed by atoms with E-state index in [2.05, 4.69) is 57.8 Å². The van der Waals surface area contributed by atoms with Crippen LogP contribution in [0.1, 0.15) is 30.7 Å². The average molecular weight is 404 g/mol. The third kappa shape index (κ3) is 5.41. The molecule has 0 saturated carbocycles. The first kappa shape index (κ1) is 20.0. The predicted molar refractivity (Wildman–Crippen MR) is 121 cm³/mol. The molecule has 2 atom stereocenters. The molecule has 1 aliphatic rings. The predicted octanol–water partition coefficient (Wildman–Crippen LogP) is 3.79. The first-order chi connectivity index (χ1) is 14.8. The smallest absolute Gasteiger partial charge is 0.192 e. The summed E-state index contributed by atoms with van der Waals surface area (Å²) in [6.45, 7) is 4.73. The van der Waals surface area contributed by atoms with E-state index in [1.165, 1.54) is 5.56 Å². The lowest BCUT2D eigenvalue weighted by Gasteiger charge is -2.22. The monoisotopic (exact) mass is 403 g/mol. The molecule has 0 amide bonds. The molecular weight excluding hydrogens is 374 g/mol. The maximum atomic E-state index is 5.44. The summed E-state index contributed by atoms with van der Waals surface area (Å²) in [5.41, 5.74) is 1.24. The molecule has 1 fully saturated rings. The number of aliphatic imine (C=N–C) groups is 1. The zero-order valence-electron chi connectivity index (χ0n) is 17.4. The molecule has 2 unspecified atom stereocenters. The second-order valence-electron chi connectivity index (χ2n) is 7.60. The van der Waals surface area contributed by atoms with Gasteiger partial charge in [-0.25, -0.2) is 4.98 Å². The number of furan rings is 1. The maximum Gasteiger partial charge on any atom is 0.192 e. The van der Waals surface area contributed by atoms with E-state index in [4.69, 9.17) is 9.41 Å². The minimum Gasteiger partial charge on any atom is -0.469 e. The Bertz CT molecular complexity index is 911. The Balaban J connectivity index is 1.40. The zero-order valence-corrected chi connectivity index (χ0v) is 17.4. The Hall–Kier alpha value is -3.28. The molecule has 0 radical (unpaired) electrons. The molecule has 3 heterocycles. The highest BCUT2D eigenvalue weighted by Gasteiger charge is 2.24. The molecule has 1 aromatic carbocycles. The Morgan fingerprint density at radius 1 is 1.17 bits per heavy atom. The molecule has 2 N–H and O–H groups in total. The highest BCUT2D eigenvalue weighted by Crippen LogP contribution is 2.17. The van der Waals surface area contributed by atoms with Crippen LogP contribution in [0.25, 0.3) is 0 Å². The Kier molecular flexibility index (Phi) is 6.65. The number of aromatic nitrogens is 1. The molecule has 1 aliphatic heterocycles. The third-order valence-corrected chi connectivity index (χ3v) is 5.36. The standard InChI is InChI=1S/C24H29N5O/c1-19(20-8-3-2-4-9-20)27-24(26-15-12-22-10-7-17-30-22)28-21-13-16-29(18-21)23-11-5-6-14-25-23/h2-11,14,17,19,21H,12-13,15-16,18H2,1H3,(H2,26,27,28). The van der Waals surface area contributed by atoms with Crippen molar-refractivity contribution in [1.29, 1.82) is 0 Å². The largest absolute Gasteiger partial charge is 0.469 e. The normalized spacial score (nSPS) is 17.7. The minimum atomic E-state index is 0.161. The molecular formula is C24H29N5O. The van der Waals surface area contributed by atoms with E-state index in [-0.39, 0.29) is 6.04 Å². The Morgan fingerprint density at radius 2 is 2.03 bits per heavy atom. The van der Waals surface area contributed by atoms with Crippen LogP contribution < -0.4 is 15.5 Å². The van der Waals surface area contributed by atoms with Gasteiger partial charge >= 0.3 is 0 Å². The number of hydrogen-bond acceptors (Lipinski definition) is 4. The van der Waals surface area contributed by atoms with Crippen molar-refractivity contribution in [3.8, 4) is 0 Å². The summed E-state index contributed by atoms with van der Waals surface area (Å²) in [4.78, 5) is 11.6. The van der Waals surface area contributed by atoms with E-state index in [0.717, 1.165) is 43.5 Å². The lowest BCUT2D eigenvalue weighted by molar-refractivity contribution is 0.510. The van der Waals surface area contributed by atoms with Crippen molar-refractivity contribution in [3.63, 3.8) is 0 Å². The first-order valence-corrected chi connectivity index (χ1v) is 10.6. The van der Waals surface area contributed by atoms with Gasteiger partial charge in [0.25, 0.3) is 0 Å². The van der Waals surface area contributed by atoms with E-state index in [0.29, 0.717) is 12.6 Å². The van der Waals surface area contributed by atoms with Crippen molar-refractivity contribution in [2.24, 2.45) is 4.99 Å². The number of guanidine groups is 1. The molecule has 0 bridgehead atoms. The summed E-state index contributed by atoms with van der Waals surface area (Å²) in [6, 6.07) is 20.9. The molecule has 0 aliphatic carbocycles. The van der Waals surface area contributed by atoms with E-state index < -0.39 is 0 Å². The second kappa shape index (κ2) is 9.96. The van der Waals surface area contributed by atoms with Gasteiger partial charge in [-0.15, -0.1) is 0 Å². The van der Waals surface area contributed by atoms with Gasteiger partial charge in [0, 0.05) is 38.3 Å². The fraction of sp³-hybridized carbons (Fsp3) is 0.333. The highest BCUT2D eigenvalue weighted by molar-refractivity contribution is 5.80. The topological polar surface area (TPSA) is 65.7 Å². The van der Waals surface area contributed by atoms with Gasteiger partial charge in [0.2, 0.25) is 0 Å². The Morgan fingerprint density at radius 3 is 2.80 bits per heavy atom. The van der Waals surface area contributed by atoms with Crippen LogP contribution in [0.5, 0.6) is 0 Å². The van der Waals surface area contributed by atoms with E-state index >= 15 is 0 Å². The fourth-order valence-corrected chi connectivity index (χ4v) is 3.72. The number of nitrogens with zero attached hydrogens (tertiary/aromatic N) is 3. The molecule has 1 saturated heterocycles. The van der Waals surface area contributed by atoms with Crippen molar-refractivity contribution in [2.45, 2.75) is 31.8 Å². The highest BCUT2D eigenvalue weighted by atomic mass is 16.3. The van der Waals surface area contributed by atoms with Crippen LogP contribution in [-0.4, -0.2) is 36.6 Å². The van der Waals surface area contributed by atoms with Gasteiger partial charge in [-0.3, -0.25) is 4.99 Å². The summed E-state index contributed by atoms with van der Waals surface area (Å²) in [7, 11) is 0. The lowest BCUT2D eigenvalue weighted by Crippen LogP contribution is -2.45. The number of rotatable bonds is 7. The summed E-state index contributed by atoms with van der Waals surface area (Å²) in [5.74, 6) is 2.82. The molecule has 0 spiro atoms. The molecule has 6 nitrogen and oxygen atoms in total. The van der Waals surface area contributed by atoms with E-state index in [1.807, 2.05) is 36.5 Å². The lowest BCUT2D eigenvalue weighted by atomic mass is 10.1. The number of nitrogens with one attached hydrogen (secondary N) is 2. The van der Waals surface area contributed by atoms with E-state index in [1.54, 1.807) is 6.26 Å². The average Bonchev–Trinajstić information content (AvgIpc) is 3.47. The summed E-state index contributed by atoms with van der Waals surface area (Å²) < 4.78 is 5.44. The van der Waals surface area contributed by atoms with Crippen molar-refractivity contribution in [2.75, 3.05) is 24.5 Å². The minimum absolute atomic E-state index is 0.161. The fourth-order valence-electron chi connectivity index (χ4n) is 3.72. The number of benzene rings is 1. The van der Waals surface area contributed by atoms with E-state index in [9.17, 15) is 0 Å². The van der Waals surface area contributed by atoms with Crippen LogP contribution in [0.15, 0.2) is 82.5 Å². The number of anilines is 1. The van der Waals surface area contributed by atoms with Crippen molar-refractivity contribution >= 4 is 11.8 Å². The zero-order chi connectivity index (χ0) is 20.6. The van der Waals surface area contributed by atoms with Gasteiger partial charge in [-0.1, -0.05) is 36.4 Å². The van der Waals surface area contributed by atoms with Gasteiger partial charge in [-0.05, 0) is 43.2 Å². The second-order valence-corrected chi connectivity index (χ2v) is 7.60. The summed E-state index contributed by atoms with van der Waals surface area (Å²) >= 11 is 0. The van der Waals surface area contributed by atoms with Crippen molar-refractivity contribution in [1.82, 2.24) is 15.6 Å². The number of pyridine rings is 1. The van der Waals surface area contributed by atoms with Crippen molar-refractivity contribution < 1.29 is 4.42 Å². The molecule has 3 aromatic rings. The van der Waals surface area contributed by atoms with Gasteiger partial charge in [0.15, 0.2) is 5.96 Å². The molecule has 2 aromatic heterocycles. The van der Waals surface area contributed by atoms with Gasteiger partial charge < -0.3 is 20.0 Å². The van der Waals surface area contributed by atoms with Crippen LogP contribution in [0.4, 0.5) is 5.82 Å². The number of hydrogen-bond donors (Lipinski definition) is 2. The SMILES string of the molecule is CC(NC(=NCCc1ccco1)NC1CCN(c2ccccn2)C1)c1ccccc1. The van der Waals surface area contributed by atoms with Crippen LogP contribution >= 0.6 is 0 Å². The third-order valence-electron chi connectivity index (χ3n) is 5.36. The van der Waals surface area contributed by atoms with Crippen LogP contribution in [0.3, 0.4) is 0 Å². The summed E-state index contributed by atoms with van der Waals surface area (Å²) in [6.07, 6.45) is 5.39. The van der Waals surface area contributed by atoms with Gasteiger partial charge in [0.1, 0.15) is 11.6 Å².